The third-order valence-corrected chi connectivity index (χ3v) is 4.01. The van der Waals surface area contributed by atoms with Gasteiger partial charge in [0.25, 0.3) is 0 Å². The Labute approximate surface area is 110 Å². The van der Waals surface area contributed by atoms with E-state index in [0.717, 1.165) is 12.0 Å². The van der Waals surface area contributed by atoms with Gasteiger partial charge >= 0.3 is 5.97 Å². The van der Waals surface area contributed by atoms with Gasteiger partial charge in [0, 0.05) is 17.6 Å². The Kier molecular flexibility index (Phi) is 3.93. The predicted molar refractivity (Wildman–Crippen MR) is 72.9 cm³/mol. The minimum atomic E-state index is -0.901. The topological polar surface area (TPSA) is 66.6 Å². The number of allylic oxidation sites excluding steroid dienone is 1. The Morgan fingerprint density at radius 1 is 1.56 bits per heavy atom. The van der Waals surface area contributed by atoms with Crippen LogP contribution in [-0.2, 0) is 6.54 Å². The summed E-state index contributed by atoms with van der Waals surface area (Å²) in [5.41, 5.74) is 7.21. The molecule has 0 saturated carbocycles. The molecule has 5 heteroatoms. The highest BCUT2D eigenvalue weighted by atomic mass is 32.2. The maximum Gasteiger partial charge on any atom is 0.335 e. The van der Waals surface area contributed by atoms with Crippen LogP contribution in [0, 0.1) is 0 Å². The number of nitrogens with zero attached hydrogens (tertiary/aromatic N) is 1. The average Bonchev–Trinajstić information content (AvgIpc) is 2.70. The first kappa shape index (κ1) is 13.0. The van der Waals surface area contributed by atoms with Gasteiger partial charge in [0.2, 0.25) is 0 Å². The molecule has 18 heavy (non-hydrogen) atoms. The van der Waals surface area contributed by atoms with Gasteiger partial charge in [-0.3, -0.25) is 0 Å². The molecule has 0 fully saturated rings. The Morgan fingerprint density at radius 2 is 2.33 bits per heavy atom. The number of hydrogen-bond acceptors (Lipinski definition) is 4. The molecule has 1 aliphatic heterocycles. The molecule has 2 rings (SSSR count). The van der Waals surface area contributed by atoms with E-state index in [1.165, 1.54) is 4.91 Å². The van der Waals surface area contributed by atoms with Crippen molar-refractivity contribution in [1.29, 1.82) is 0 Å². The SMILES string of the molecule is CCC1=CN(Cc2cccc(C(=O)O)c2)C(N)S1. The first-order valence-electron chi connectivity index (χ1n) is 5.81. The van der Waals surface area contributed by atoms with Crippen LogP contribution in [0.25, 0.3) is 0 Å². The first-order valence-corrected chi connectivity index (χ1v) is 6.69. The fraction of sp³-hybridized carbons (Fsp3) is 0.308. The van der Waals surface area contributed by atoms with Gasteiger partial charge in [-0.1, -0.05) is 30.8 Å². The highest BCUT2D eigenvalue weighted by Gasteiger charge is 2.20. The highest BCUT2D eigenvalue weighted by molar-refractivity contribution is 8.03. The van der Waals surface area contributed by atoms with E-state index in [-0.39, 0.29) is 5.50 Å². The van der Waals surface area contributed by atoms with Crippen LogP contribution in [0.4, 0.5) is 0 Å². The Balaban J connectivity index is 2.12. The van der Waals surface area contributed by atoms with Gasteiger partial charge in [0.15, 0.2) is 0 Å². The third-order valence-electron chi connectivity index (χ3n) is 2.80. The van der Waals surface area contributed by atoms with Crippen LogP contribution in [0.5, 0.6) is 0 Å². The number of rotatable bonds is 4. The predicted octanol–water partition coefficient (Wildman–Crippen LogP) is 2.43. The van der Waals surface area contributed by atoms with E-state index < -0.39 is 5.97 Å². The van der Waals surface area contributed by atoms with Crippen molar-refractivity contribution in [2.75, 3.05) is 0 Å². The zero-order valence-corrected chi connectivity index (χ0v) is 11.0. The molecule has 3 N–H and O–H groups in total. The summed E-state index contributed by atoms with van der Waals surface area (Å²) in [5.74, 6) is -0.901. The van der Waals surface area contributed by atoms with Gasteiger partial charge in [0.1, 0.15) is 5.50 Å². The van der Waals surface area contributed by atoms with Crippen molar-refractivity contribution < 1.29 is 9.90 Å². The second-order valence-corrected chi connectivity index (χ2v) is 5.38. The van der Waals surface area contributed by atoms with E-state index in [9.17, 15) is 4.79 Å². The molecule has 0 amide bonds. The lowest BCUT2D eigenvalue weighted by atomic mass is 10.1. The van der Waals surface area contributed by atoms with Gasteiger partial charge in [-0.25, -0.2) is 4.79 Å². The Morgan fingerprint density at radius 3 is 2.94 bits per heavy atom. The van der Waals surface area contributed by atoms with E-state index in [4.69, 9.17) is 10.8 Å². The number of thioether (sulfide) groups is 1. The van der Waals surface area contributed by atoms with Crippen molar-refractivity contribution >= 4 is 17.7 Å². The lowest BCUT2D eigenvalue weighted by molar-refractivity contribution is 0.0696. The normalized spacial score (nSPS) is 18.9. The Hall–Kier alpha value is -1.46. The van der Waals surface area contributed by atoms with Gasteiger partial charge < -0.3 is 15.7 Å². The lowest BCUT2D eigenvalue weighted by Gasteiger charge is -2.21. The molecule has 1 heterocycles. The number of nitrogens with two attached hydrogens (primary N) is 1. The second kappa shape index (κ2) is 5.46. The molecule has 0 radical (unpaired) electrons. The van der Waals surface area contributed by atoms with Crippen LogP contribution >= 0.6 is 11.8 Å². The molecular weight excluding hydrogens is 248 g/mol. The summed E-state index contributed by atoms with van der Waals surface area (Å²) in [6.45, 7) is 2.74. The minimum Gasteiger partial charge on any atom is -0.478 e. The summed E-state index contributed by atoms with van der Waals surface area (Å²) in [6, 6.07) is 6.97. The minimum absolute atomic E-state index is 0.0755. The standard InChI is InChI=1S/C13H16N2O2S/c1-2-11-8-15(13(14)18-11)7-9-4-3-5-10(6-9)12(16)17/h3-6,8,13H,2,7,14H2,1H3,(H,16,17). The summed E-state index contributed by atoms with van der Waals surface area (Å²) >= 11 is 1.65. The second-order valence-electron chi connectivity index (χ2n) is 4.14. The average molecular weight is 264 g/mol. The van der Waals surface area contributed by atoms with Crippen LogP contribution in [0.3, 0.4) is 0 Å². The number of carboxylic acids is 1. The molecular formula is C13H16N2O2S. The molecule has 1 atom stereocenters. The van der Waals surface area contributed by atoms with E-state index in [1.807, 2.05) is 11.0 Å². The van der Waals surface area contributed by atoms with Crippen LogP contribution in [0.15, 0.2) is 35.4 Å². The van der Waals surface area contributed by atoms with Gasteiger partial charge in [-0.05, 0) is 24.1 Å². The van der Waals surface area contributed by atoms with E-state index in [2.05, 4.69) is 13.1 Å². The van der Waals surface area contributed by atoms with Crippen molar-refractivity contribution in [2.24, 2.45) is 5.73 Å². The Bertz CT molecular complexity index is 488. The molecule has 0 aromatic heterocycles. The molecule has 0 aliphatic carbocycles. The van der Waals surface area contributed by atoms with E-state index >= 15 is 0 Å². The first-order chi connectivity index (χ1) is 8.60. The molecule has 1 aromatic carbocycles. The molecule has 0 bridgehead atoms. The third kappa shape index (κ3) is 2.86. The van der Waals surface area contributed by atoms with Crippen LogP contribution in [0.1, 0.15) is 29.3 Å². The number of carboxylic acid groups (broad SMARTS) is 1. The molecule has 0 spiro atoms. The molecule has 1 aliphatic rings. The summed E-state index contributed by atoms with van der Waals surface area (Å²) in [4.78, 5) is 14.2. The summed E-state index contributed by atoms with van der Waals surface area (Å²) < 4.78 is 0. The van der Waals surface area contributed by atoms with Crippen molar-refractivity contribution in [1.82, 2.24) is 4.90 Å². The fourth-order valence-corrected chi connectivity index (χ4v) is 2.78. The van der Waals surface area contributed by atoms with Crippen molar-refractivity contribution in [3.63, 3.8) is 0 Å². The fourth-order valence-electron chi connectivity index (χ4n) is 1.84. The van der Waals surface area contributed by atoms with Gasteiger partial charge in [-0.2, -0.15) is 0 Å². The molecule has 1 aromatic rings. The monoisotopic (exact) mass is 264 g/mol. The van der Waals surface area contributed by atoms with E-state index in [0.29, 0.717) is 12.1 Å². The van der Waals surface area contributed by atoms with Crippen LogP contribution in [-0.4, -0.2) is 21.5 Å². The molecule has 1 unspecified atom stereocenters. The zero-order chi connectivity index (χ0) is 13.1. The lowest BCUT2D eigenvalue weighted by Crippen LogP contribution is -2.31. The maximum atomic E-state index is 10.9. The number of benzene rings is 1. The molecule has 96 valence electrons. The van der Waals surface area contributed by atoms with Crippen molar-refractivity contribution in [3.05, 3.63) is 46.5 Å². The zero-order valence-electron chi connectivity index (χ0n) is 10.2. The maximum absolute atomic E-state index is 10.9. The molecule has 0 saturated heterocycles. The quantitative estimate of drug-likeness (QED) is 0.874. The summed E-state index contributed by atoms with van der Waals surface area (Å²) in [5, 5.41) is 8.95. The number of hydrogen-bond donors (Lipinski definition) is 2. The molecule has 4 nitrogen and oxygen atoms in total. The smallest absolute Gasteiger partial charge is 0.335 e. The van der Waals surface area contributed by atoms with Crippen LogP contribution in [0.2, 0.25) is 0 Å². The van der Waals surface area contributed by atoms with Gasteiger partial charge in [0.05, 0.1) is 5.56 Å². The van der Waals surface area contributed by atoms with Gasteiger partial charge in [-0.15, -0.1) is 0 Å². The van der Waals surface area contributed by atoms with Crippen molar-refractivity contribution in [3.8, 4) is 0 Å². The van der Waals surface area contributed by atoms with Crippen molar-refractivity contribution in [2.45, 2.75) is 25.4 Å². The summed E-state index contributed by atoms with van der Waals surface area (Å²) in [7, 11) is 0. The largest absolute Gasteiger partial charge is 0.478 e. The van der Waals surface area contributed by atoms with E-state index in [1.54, 1.807) is 30.0 Å². The number of carbonyl (C=O) groups is 1. The number of aromatic carboxylic acids is 1. The highest BCUT2D eigenvalue weighted by Crippen LogP contribution is 2.32. The van der Waals surface area contributed by atoms with Crippen LogP contribution < -0.4 is 5.73 Å². The summed E-state index contributed by atoms with van der Waals surface area (Å²) in [6.07, 6.45) is 3.03.